The fourth-order valence-corrected chi connectivity index (χ4v) is 0.855. The lowest BCUT2D eigenvalue weighted by molar-refractivity contribution is -0.0893. The molecule has 1 radical (unpaired) electrons. The van der Waals surface area contributed by atoms with Gasteiger partial charge in [0.2, 0.25) is 5.56 Å². The first-order valence-corrected chi connectivity index (χ1v) is 5.14. The van der Waals surface area contributed by atoms with Gasteiger partial charge in [-0.25, -0.2) is 0 Å². The number of hydrogen-bond acceptors (Lipinski definition) is 3. The zero-order chi connectivity index (χ0) is 12.4. The van der Waals surface area contributed by atoms with Gasteiger partial charge in [-0.15, -0.1) is 0 Å². The van der Waals surface area contributed by atoms with E-state index in [9.17, 15) is 9.90 Å². The zero-order valence-electron chi connectivity index (χ0n) is 10.1. The molecular formula is C11H17BNO3. The van der Waals surface area contributed by atoms with Gasteiger partial charge in [0.05, 0.1) is 11.2 Å². The highest BCUT2D eigenvalue weighted by Crippen LogP contribution is 2.23. The van der Waals surface area contributed by atoms with Crippen LogP contribution in [0.5, 0.6) is 0 Å². The van der Waals surface area contributed by atoms with Crippen LogP contribution in [0.2, 0.25) is 0 Å². The first kappa shape index (κ1) is 13.0. The molecule has 0 saturated carbocycles. The van der Waals surface area contributed by atoms with Crippen molar-refractivity contribution in [3.05, 3.63) is 28.7 Å². The molecule has 0 amide bonds. The van der Waals surface area contributed by atoms with Gasteiger partial charge in [-0.05, 0) is 33.2 Å². The number of aliphatic hydroxyl groups is 1. The number of H-pyrrole nitrogens is 1. The summed E-state index contributed by atoms with van der Waals surface area (Å²) in [5, 5.41) is 9.86. The predicted molar refractivity (Wildman–Crippen MR) is 63.9 cm³/mol. The maximum Gasteiger partial charge on any atom is 0.332 e. The lowest BCUT2D eigenvalue weighted by atomic mass is 9.83. The second kappa shape index (κ2) is 4.43. The van der Waals surface area contributed by atoms with E-state index in [-0.39, 0.29) is 5.56 Å². The van der Waals surface area contributed by atoms with Gasteiger partial charge in [0, 0.05) is 12.3 Å². The average molecular weight is 222 g/mol. The second-order valence-electron chi connectivity index (χ2n) is 4.79. The Balaban J connectivity index is 2.65. The van der Waals surface area contributed by atoms with Gasteiger partial charge in [-0.3, -0.25) is 4.79 Å². The third-order valence-electron chi connectivity index (χ3n) is 2.77. The highest BCUT2D eigenvalue weighted by atomic mass is 16.5. The SMILES string of the molecule is CC(C)(O)C(C)(C)O[B]c1ccc(=O)[nH]c1. The second-order valence-corrected chi connectivity index (χ2v) is 4.79. The summed E-state index contributed by atoms with van der Waals surface area (Å²) < 4.78 is 5.52. The van der Waals surface area contributed by atoms with Crippen molar-refractivity contribution in [3.63, 3.8) is 0 Å². The van der Waals surface area contributed by atoms with Crippen LogP contribution in [0.4, 0.5) is 0 Å². The van der Waals surface area contributed by atoms with Crippen LogP contribution < -0.4 is 11.0 Å². The van der Waals surface area contributed by atoms with E-state index in [2.05, 4.69) is 4.98 Å². The quantitative estimate of drug-likeness (QED) is 0.714. The minimum absolute atomic E-state index is 0.154. The molecule has 4 nitrogen and oxygen atoms in total. The first-order valence-electron chi connectivity index (χ1n) is 5.14. The summed E-state index contributed by atoms with van der Waals surface area (Å²) in [4.78, 5) is 13.4. The van der Waals surface area contributed by atoms with E-state index in [1.165, 1.54) is 13.5 Å². The topological polar surface area (TPSA) is 62.3 Å². The van der Waals surface area contributed by atoms with E-state index >= 15 is 0 Å². The van der Waals surface area contributed by atoms with Gasteiger partial charge in [0.1, 0.15) is 0 Å². The minimum atomic E-state index is -0.953. The standard InChI is InChI=1S/C11H17BNO3/c1-10(2,15)11(3,4)16-12-8-5-6-9(14)13-7-8/h5-7,15H,1-4H3,(H,13,14). The molecule has 2 N–H and O–H groups in total. The molecule has 0 aliphatic heterocycles. The zero-order valence-corrected chi connectivity index (χ0v) is 10.1. The number of aromatic amines is 1. The Labute approximate surface area is 95.9 Å². The predicted octanol–water partition coefficient (Wildman–Crippen LogP) is 0.185. The van der Waals surface area contributed by atoms with Crippen LogP contribution >= 0.6 is 0 Å². The van der Waals surface area contributed by atoms with Crippen LogP contribution in [0.1, 0.15) is 27.7 Å². The number of aromatic nitrogens is 1. The van der Waals surface area contributed by atoms with E-state index in [0.717, 1.165) is 5.46 Å². The Hall–Kier alpha value is -1.07. The van der Waals surface area contributed by atoms with Gasteiger partial charge in [-0.1, -0.05) is 6.07 Å². The third-order valence-corrected chi connectivity index (χ3v) is 2.77. The molecule has 87 valence electrons. The molecule has 1 aromatic heterocycles. The van der Waals surface area contributed by atoms with Crippen LogP contribution in [0.15, 0.2) is 23.1 Å². The molecule has 0 saturated heterocycles. The molecule has 0 aliphatic carbocycles. The molecule has 0 fully saturated rings. The third kappa shape index (κ3) is 3.22. The normalized spacial score (nSPS) is 12.6. The summed E-state index contributed by atoms with van der Waals surface area (Å²) in [7, 11) is 1.52. The summed E-state index contributed by atoms with van der Waals surface area (Å²) in [6, 6.07) is 3.07. The maximum absolute atomic E-state index is 10.8. The first-order chi connectivity index (χ1) is 7.22. The van der Waals surface area contributed by atoms with Gasteiger partial charge in [0.25, 0.3) is 0 Å². The number of pyridine rings is 1. The van der Waals surface area contributed by atoms with Gasteiger partial charge in [0.15, 0.2) is 0 Å². The van der Waals surface area contributed by atoms with E-state index in [1.54, 1.807) is 40.0 Å². The van der Waals surface area contributed by atoms with Crippen LogP contribution in [-0.2, 0) is 4.65 Å². The van der Waals surface area contributed by atoms with E-state index in [4.69, 9.17) is 4.65 Å². The van der Waals surface area contributed by atoms with Crippen molar-refractivity contribution < 1.29 is 9.76 Å². The monoisotopic (exact) mass is 222 g/mol. The molecule has 0 bridgehead atoms. The molecular weight excluding hydrogens is 205 g/mol. The van der Waals surface area contributed by atoms with Crippen molar-refractivity contribution in [3.8, 4) is 0 Å². The molecule has 0 aromatic carbocycles. The Morgan fingerprint density at radius 1 is 1.31 bits per heavy atom. The van der Waals surface area contributed by atoms with Crippen LogP contribution in [0, 0.1) is 0 Å². The molecule has 1 aromatic rings. The number of hydrogen-bond donors (Lipinski definition) is 2. The molecule has 1 rings (SSSR count). The minimum Gasteiger partial charge on any atom is -0.427 e. The molecule has 0 atom stereocenters. The molecule has 0 spiro atoms. The lowest BCUT2D eigenvalue weighted by Gasteiger charge is -2.37. The van der Waals surface area contributed by atoms with Crippen molar-refractivity contribution in [1.29, 1.82) is 0 Å². The highest BCUT2D eigenvalue weighted by molar-refractivity contribution is 6.46. The fraction of sp³-hybridized carbons (Fsp3) is 0.545. The summed E-state index contributed by atoms with van der Waals surface area (Å²) >= 11 is 0. The van der Waals surface area contributed by atoms with Crippen LogP contribution in [0.25, 0.3) is 0 Å². The number of nitrogens with one attached hydrogen (secondary N) is 1. The van der Waals surface area contributed by atoms with Crippen LogP contribution in [0.3, 0.4) is 0 Å². The van der Waals surface area contributed by atoms with Crippen molar-refractivity contribution >= 4 is 12.9 Å². The Morgan fingerprint density at radius 3 is 2.38 bits per heavy atom. The Bertz CT molecular complexity index is 386. The molecule has 0 unspecified atom stereocenters. The molecule has 1 heterocycles. The van der Waals surface area contributed by atoms with Crippen LogP contribution in [-0.4, -0.2) is 28.8 Å². The molecule has 5 heteroatoms. The average Bonchev–Trinajstić information content (AvgIpc) is 2.15. The van der Waals surface area contributed by atoms with Crippen molar-refractivity contribution in [2.45, 2.75) is 38.9 Å². The summed E-state index contributed by atoms with van der Waals surface area (Å²) in [5.74, 6) is 0. The van der Waals surface area contributed by atoms with E-state index in [0.29, 0.717) is 0 Å². The summed E-state index contributed by atoms with van der Waals surface area (Å²) in [6.45, 7) is 6.98. The highest BCUT2D eigenvalue weighted by Gasteiger charge is 2.35. The summed E-state index contributed by atoms with van der Waals surface area (Å²) in [6.07, 6.45) is 1.56. The van der Waals surface area contributed by atoms with Gasteiger partial charge in [-0.2, -0.15) is 0 Å². The largest absolute Gasteiger partial charge is 0.427 e. The van der Waals surface area contributed by atoms with Gasteiger partial charge < -0.3 is 14.7 Å². The van der Waals surface area contributed by atoms with Gasteiger partial charge >= 0.3 is 7.48 Å². The van der Waals surface area contributed by atoms with Crippen molar-refractivity contribution in [2.75, 3.05) is 0 Å². The molecule has 16 heavy (non-hydrogen) atoms. The Kier molecular flexibility index (Phi) is 3.60. The van der Waals surface area contributed by atoms with Crippen molar-refractivity contribution in [1.82, 2.24) is 4.98 Å². The molecule has 0 aliphatic rings. The summed E-state index contributed by atoms with van der Waals surface area (Å²) in [5.41, 5.74) is -1.06. The maximum atomic E-state index is 10.8. The smallest absolute Gasteiger partial charge is 0.332 e. The van der Waals surface area contributed by atoms with E-state index < -0.39 is 11.2 Å². The number of rotatable bonds is 4. The van der Waals surface area contributed by atoms with E-state index in [1.807, 2.05) is 0 Å². The fourth-order valence-electron chi connectivity index (χ4n) is 0.855. The van der Waals surface area contributed by atoms with Crippen molar-refractivity contribution in [2.24, 2.45) is 0 Å². The lowest BCUT2D eigenvalue weighted by Crippen LogP contribution is -2.49. The Morgan fingerprint density at radius 2 is 1.94 bits per heavy atom.